The van der Waals surface area contributed by atoms with Gasteiger partial charge in [-0.1, -0.05) is 80.5 Å². The van der Waals surface area contributed by atoms with Crippen LogP contribution in [0.15, 0.2) is 54.6 Å². The molecule has 2 aromatic rings. The molecule has 1 atom stereocenters. The van der Waals surface area contributed by atoms with Crippen molar-refractivity contribution >= 4 is 5.97 Å². The van der Waals surface area contributed by atoms with E-state index in [4.69, 9.17) is 9.47 Å². The molecule has 5 heteroatoms. The summed E-state index contributed by atoms with van der Waals surface area (Å²) in [4.78, 5) is 15.3. The molecule has 1 aliphatic rings. The predicted molar refractivity (Wildman–Crippen MR) is 134 cm³/mol. The highest BCUT2D eigenvalue weighted by Crippen LogP contribution is 2.40. The first-order valence-electron chi connectivity index (χ1n) is 12.3. The number of aliphatic hydroxyl groups is 1. The number of methoxy groups -OCH3 is 1. The van der Waals surface area contributed by atoms with E-state index in [0.29, 0.717) is 12.1 Å². The molecule has 5 nitrogen and oxygen atoms in total. The Morgan fingerprint density at radius 3 is 2.41 bits per heavy atom. The van der Waals surface area contributed by atoms with E-state index in [1.807, 2.05) is 42.5 Å². The summed E-state index contributed by atoms with van der Waals surface area (Å²) in [5.41, 5.74) is 0.247. The lowest BCUT2D eigenvalue weighted by atomic mass is 9.73. The van der Waals surface area contributed by atoms with Crippen molar-refractivity contribution in [2.45, 2.75) is 51.0 Å². The van der Waals surface area contributed by atoms with E-state index >= 15 is 0 Å². The van der Waals surface area contributed by atoms with Crippen LogP contribution in [0.25, 0.3) is 0 Å². The van der Waals surface area contributed by atoms with E-state index in [0.717, 1.165) is 57.4 Å². The average Bonchev–Trinajstić information content (AvgIpc) is 2.90. The van der Waals surface area contributed by atoms with Crippen molar-refractivity contribution < 1.29 is 19.4 Å². The Hall–Kier alpha value is -2.81. The molecule has 1 unspecified atom stereocenters. The number of ether oxygens (including phenoxy) is 2. The van der Waals surface area contributed by atoms with Crippen molar-refractivity contribution in [1.82, 2.24) is 4.90 Å². The second-order valence-electron chi connectivity index (χ2n) is 8.86. The Balaban J connectivity index is 1.52. The first-order valence-corrected chi connectivity index (χ1v) is 12.3. The monoisotopic (exact) mass is 463 g/mol. The molecule has 1 N–H and O–H groups in total. The first kappa shape index (κ1) is 25.8. The number of hydrogen-bond acceptors (Lipinski definition) is 5. The molecule has 1 aliphatic carbocycles. The number of nitrogens with zero attached hydrogens (tertiary/aromatic N) is 1. The number of benzene rings is 2. The summed E-state index contributed by atoms with van der Waals surface area (Å²) >= 11 is 0. The van der Waals surface area contributed by atoms with Gasteiger partial charge in [-0.25, -0.2) is 4.79 Å². The third-order valence-corrected chi connectivity index (χ3v) is 6.75. The molecule has 1 saturated carbocycles. The standard InChI is InChI=1S/C29H37NO4/c1-3-30(22-20-24-16-18-27(33-2)19-17-24)21-10-11-23-34-28(31)29(32,25-12-6-4-7-13-25)26-14-8-5-9-15-26/h4,6-7,12-13,16-19,26,32H,3,5,8-9,14-15,20-23H2,1-2H3. The molecule has 34 heavy (non-hydrogen) atoms. The molecule has 0 aliphatic heterocycles. The zero-order valence-corrected chi connectivity index (χ0v) is 20.5. The second kappa shape index (κ2) is 13.2. The van der Waals surface area contributed by atoms with Gasteiger partial charge in [-0.3, -0.25) is 4.90 Å². The van der Waals surface area contributed by atoms with Crippen molar-refractivity contribution in [3.63, 3.8) is 0 Å². The van der Waals surface area contributed by atoms with Crippen LogP contribution in [0.4, 0.5) is 0 Å². The summed E-state index contributed by atoms with van der Waals surface area (Å²) < 4.78 is 10.7. The summed E-state index contributed by atoms with van der Waals surface area (Å²) in [7, 11) is 1.67. The van der Waals surface area contributed by atoms with E-state index in [9.17, 15) is 9.90 Å². The number of esters is 1. The molecule has 3 rings (SSSR count). The zero-order valence-electron chi connectivity index (χ0n) is 20.5. The number of rotatable bonds is 10. The molecule has 0 saturated heterocycles. The van der Waals surface area contributed by atoms with Crippen molar-refractivity contribution in [2.24, 2.45) is 5.92 Å². The smallest absolute Gasteiger partial charge is 0.344 e. The molecule has 182 valence electrons. The minimum absolute atomic E-state index is 0.0171. The molecule has 1 fully saturated rings. The summed E-state index contributed by atoms with van der Waals surface area (Å²) in [6.45, 7) is 4.49. The fraction of sp³-hybridized carbons (Fsp3) is 0.483. The van der Waals surface area contributed by atoms with E-state index in [-0.39, 0.29) is 12.5 Å². The van der Waals surface area contributed by atoms with Gasteiger partial charge in [-0.05, 0) is 49.1 Å². The molecule has 0 spiro atoms. The number of carbonyl (C=O) groups excluding carboxylic acids is 1. The van der Waals surface area contributed by atoms with Crippen LogP contribution in [-0.2, 0) is 21.6 Å². The predicted octanol–water partition coefficient (Wildman–Crippen LogP) is 4.57. The van der Waals surface area contributed by atoms with Crippen LogP contribution in [0, 0.1) is 17.8 Å². The van der Waals surface area contributed by atoms with E-state index in [1.165, 1.54) is 5.56 Å². The molecular weight excluding hydrogens is 426 g/mol. The summed E-state index contributed by atoms with van der Waals surface area (Å²) in [5.74, 6) is 6.21. The third-order valence-electron chi connectivity index (χ3n) is 6.75. The van der Waals surface area contributed by atoms with Crippen LogP contribution in [0.2, 0.25) is 0 Å². The molecule has 0 aromatic heterocycles. The lowest BCUT2D eigenvalue weighted by Crippen LogP contribution is -2.45. The molecule has 0 bridgehead atoms. The third kappa shape index (κ3) is 6.85. The quantitative estimate of drug-likeness (QED) is 0.413. The van der Waals surface area contributed by atoms with Crippen LogP contribution in [0.3, 0.4) is 0 Å². The van der Waals surface area contributed by atoms with Crippen molar-refractivity contribution in [2.75, 3.05) is 33.4 Å². The average molecular weight is 464 g/mol. The van der Waals surface area contributed by atoms with Crippen molar-refractivity contribution in [3.05, 3.63) is 65.7 Å². The topological polar surface area (TPSA) is 59.0 Å². The zero-order chi connectivity index (χ0) is 24.2. The summed E-state index contributed by atoms with van der Waals surface area (Å²) in [5, 5.41) is 11.5. The first-order chi connectivity index (χ1) is 16.6. The van der Waals surface area contributed by atoms with Gasteiger partial charge in [-0.15, -0.1) is 0 Å². The molecule has 0 heterocycles. The van der Waals surface area contributed by atoms with E-state index < -0.39 is 11.6 Å². The highest BCUT2D eigenvalue weighted by Gasteiger charge is 2.47. The van der Waals surface area contributed by atoms with Gasteiger partial charge in [0.15, 0.2) is 12.2 Å². The van der Waals surface area contributed by atoms with Gasteiger partial charge in [0.25, 0.3) is 0 Å². The normalized spacial score (nSPS) is 15.8. The lowest BCUT2D eigenvalue weighted by Gasteiger charge is -2.36. The molecule has 2 aromatic carbocycles. The highest BCUT2D eigenvalue weighted by atomic mass is 16.5. The van der Waals surface area contributed by atoms with Gasteiger partial charge < -0.3 is 14.6 Å². The van der Waals surface area contributed by atoms with Crippen LogP contribution in [0.1, 0.15) is 50.2 Å². The van der Waals surface area contributed by atoms with Gasteiger partial charge in [0.05, 0.1) is 13.7 Å². The Kier molecular flexibility index (Phi) is 10.00. The Morgan fingerprint density at radius 1 is 1.06 bits per heavy atom. The lowest BCUT2D eigenvalue weighted by molar-refractivity contribution is -0.174. The van der Waals surface area contributed by atoms with Crippen molar-refractivity contribution in [1.29, 1.82) is 0 Å². The van der Waals surface area contributed by atoms with Crippen molar-refractivity contribution in [3.8, 4) is 17.6 Å². The van der Waals surface area contributed by atoms with Crippen LogP contribution in [0.5, 0.6) is 5.75 Å². The van der Waals surface area contributed by atoms with Crippen LogP contribution in [-0.4, -0.2) is 49.3 Å². The molecular formula is C29H37NO4. The number of likely N-dealkylation sites (N-methyl/N-ethyl adjacent to an activating group) is 1. The molecule has 0 radical (unpaired) electrons. The molecule has 0 amide bonds. The van der Waals surface area contributed by atoms with Gasteiger partial charge in [0.1, 0.15) is 5.75 Å². The van der Waals surface area contributed by atoms with Crippen LogP contribution >= 0.6 is 0 Å². The van der Waals surface area contributed by atoms with Gasteiger partial charge >= 0.3 is 5.97 Å². The summed E-state index contributed by atoms with van der Waals surface area (Å²) in [6, 6.07) is 17.3. The highest BCUT2D eigenvalue weighted by molar-refractivity contribution is 5.81. The fourth-order valence-electron chi connectivity index (χ4n) is 4.59. The summed E-state index contributed by atoms with van der Waals surface area (Å²) in [6.07, 6.45) is 5.78. The SMILES string of the molecule is CCN(CC#CCOC(=O)C(O)(c1ccccc1)C1CCCCC1)CCc1ccc(OC)cc1. The second-order valence-corrected chi connectivity index (χ2v) is 8.86. The maximum Gasteiger partial charge on any atom is 0.344 e. The maximum atomic E-state index is 13.1. The van der Waals surface area contributed by atoms with E-state index in [1.54, 1.807) is 7.11 Å². The van der Waals surface area contributed by atoms with Gasteiger partial charge in [0, 0.05) is 12.5 Å². The minimum Gasteiger partial charge on any atom is -0.497 e. The maximum absolute atomic E-state index is 13.1. The Morgan fingerprint density at radius 2 is 1.76 bits per heavy atom. The van der Waals surface area contributed by atoms with Gasteiger partial charge in [-0.2, -0.15) is 0 Å². The Bertz CT molecular complexity index is 942. The largest absolute Gasteiger partial charge is 0.497 e. The van der Waals surface area contributed by atoms with Gasteiger partial charge in [0.2, 0.25) is 0 Å². The number of hydrogen-bond donors (Lipinski definition) is 1. The minimum atomic E-state index is -1.61. The Labute approximate surface area is 204 Å². The van der Waals surface area contributed by atoms with E-state index in [2.05, 4.69) is 35.8 Å². The van der Waals surface area contributed by atoms with Crippen LogP contribution < -0.4 is 4.74 Å². The fourth-order valence-corrected chi connectivity index (χ4v) is 4.59. The number of carbonyl (C=O) groups is 1.